The highest BCUT2D eigenvalue weighted by Crippen LogP contribution is 2.37. The van der Waals surface area contributed by atoms with Gasteiger partial charge in [-0.3, -0.25) is 0 Å². The molecule has 0 aliphatic heterocycles. The lowest BCUT2D eigenvalue weighted by atomic mass is 10.2. The molecule has 0 fully saturated rings. The molecule has 2 amide bonds. The summed E-state index contributed by atoms with van der Waals surface area (Å²) in [6.45, 7) is 0.364. The van der Waals surface area contributed by atoms with Crippen LogP contribution in [0.3, 0.4) is 0 Å². The minimum atomic E-state index is -4.32. The van der Waals surface area contributed by atoms with Gasteiger partial charge in [-0.25, -0.2) is 4.79 Å². The summed E-state index contributed by atoms with van der Waals surface area (Å²) in [5.74, 6) is 0. The summed E-state index contributed by atoms with van der Waals surface area (Å²) < 4.78 is 36.7. The number of benzene rings is 2. The van der Waals surface area contributed by atoms with Gasteiger partial charge in [0.2, 0.25) is 0 Å². The maximum Gasteiger partial charge on any atom is 0.446 e. The molecule has 2 N–H and O–H groups in total. The number of carbonyl (C=O) groups is 1. The molecule has 0 saturated carbocycles. The lowest BCUT2D eigenvalue weighted by Crippen LogP contribution is -2.28. The van der Waals surface area contributed by atoms with Crippen molar-refractivity contribution < 1.29 is 18.0 Å². The summed E-state index contributed by atoms with van der Waals surface area (Å²) in [6, 6.07) is 12.9. The molecule has 2 aromatic rings. The van der Waals surface area contributed by atoms with E-state index in [-0.39, 0.29) is 16.7 Å². The third kappa shape index (κ3) is 6.37. The van der Waals surface area contributed by atoms with Crippen molar-refractivity contribution in [3.63, 3.8) is 0 Å². The van der Waals surface area contributed by atoms with E-state index in [9.17, 15) is 18.0 Å². The number of hydrogen-bond acceptors (Lipinski definition) is 3. The Kier molecular flexibility index (Phi) is 6.44. The first-order chi connectivity index (χ1) is 11.4. The van der Waals surface area contributed by atoms with Gasteiger partial charge in [-0.05, 0) is 60.0 Å². The zero-order chi connectivity index (χ0) is 17.6. The molecule has 0 aliphatic rings. The second-order valence-electron chi connectivity index (χ2n) is 4.73. The molecule has 8 heteroatoms. The largest absolute Gasteiger partial charge is 0.446 e. The van der Waals surface area contributed by atoms with Gasteiger partial charge in [0.1, 0.15) is 0 Å². The summed E-state index contributed by atoms with van der Waals surface area (Å²) in [5, 5.41) is 5.28. The van der Waals surface area contributed by atoms with Gasteiger partial charge in [0.25, 0.3) is 0 Å². The van der Waals surface area contributed by atoms with Gasteiger partial charge in [0.15, 0.2) is 0 Å². The van der Waals surface area contributed by atoms with Crippen molar-refractivity contribution in [2.24, 2.45) is 0 Å². The highest BCUT2D eigenvalue weighted by atomic mass is 32.2. The monoisotopic (exact) mass is 372 g/mol. The summed E-state index contributed by atoms with van der Waals surface area (Å²) in [6.07, 6.45) is 1.99. The van der Waals surface area contributed by atoms with Crippen molar-refractivity contribution in [1.29, 1.82) is 0 Å². The van der Waals surface area contributed by atoms with E-state index in [0.717, 1.165) is 10.5 Å². The molecule has 0 aromatic heterocycles. The fourth-order valence-electron chi connectivity index (χ4n) is 1.84. The Balaban J connectivity index is 1.83. The van der Waals surface area contributed by atoms with E-state index in [4.69, 9.17) is 0 Å². The molecular weight excluding hydrogens is 357 g/mol. The summed E-state index contributed by atoms with van der Waals surface area (Å²) in [5.41, 5.74) is -2.94. The molecule has 0 unspecified atom stereocenters. The Morgan fingerprint density at radius 1 is 1.00 bits per heavy atom. The minimum absolute atomic E-state index is 0.0716. The van der Waals surface area contributed by atoms with Gasteiger partial charge in [-0.1, -0.05) is 12.1 Å². The predicted molar refractivity (Wildman–Crippen MR) is 92.4 cm³/mol. The Hall–Kier alpha value is -1.80. The number of nitrogens with one attached hydrogen (secondary N) is 2. The highest BCUT2D eigenvalue weighted by molar-refractivity contribution is 8.00. The third-order valence-corrected chi connectivity index (χ3v) is 4.44. The van der Waals surface area contributed by atoms with Crippen LogP contribution in [0.2, 0.25) is 0 Å². The SMILES string of the molecule is CSc1ccc(CNC(=O)Nc2ccc(SC(F)(F)F)cc2)cc1. The van der Waals surface area contributed by atoms with E-state index in [0.29, 0.717) is 12.2 Å². The minimum Gasteiger partial charge on any atom is -0.334 e. The van der Waals surface area contributed by atoms with Crippen LogP contribution < -0.4 is 10.6 Å². The van der Waals surface area contributed by atoms with Crippen LogP contribution in [-0.2, 0) is 6.54 Å². The third-order valence-electron chi connectivity index (χ3n) is 2.96. The molecule has 0 radical (unpaired) electrons. The second kappa shape index (κ2) is 8.34. The Morgan fingerprint density at radius 3 is 2.12 bits per heavy atom. The Labute approximate surface area is 146 Å². The number of thioether (sulfide) groups is 2. The average Bonchev–Trinajstić information content (AvgIpc) is 2.54. The van der Waals surface area contributed by atoms with Crippen LogP contribution in [0.25, 0.3) is 0 Å². The summed E-state index contributed by atoms with van der Waals surface area (Å²) >= 11 is 1.45. The van der Waals surface area contributed by atoms with Crippen molar-refractivity contribution >= 4 is 35.2 Å². The van der Waals surface area contributed by atoms with E-state index in [1.807, 2.05) is 30.5 Å². The zero-order valence-electron chi connectivity index (χ0n) is 12.7. The lowest BCUT2D eigenvalue weighted by molar-refractivity contribution is -0.0328. The van der Waals surface area contributed by atoms with Gasteiger partial charge >= 0.3 is 11.5 Å². The molecule has 128 valence electrons. The molecule has 2 aromatic carbocycles. The van der Waals surface area contributed by atoms with E-state index in [2.05, 4.69) is 10.6 Å². The van der Waals surface area contributed by atoms with Gasteiger partial charge in [-0.15, -0.1) is 11.8 Å². The number of hydrogen-bond donors (Lipinski definition) is 2. The molecule has 0 bridgehead atoms. The van der Waals surface area contributed by atoms with E-state index < -0.39 is 11.5 Å². The van der Waals surface area contributed by atoms with Crippen LogP contribution >= 0.6 is 23.5 Å². The van der Waals surface area contributed by atoms with Crippen LogP contribution in [0.5, 0.6) is 0 Å². The fraction of sp³-hybridized carbons (Fsp3) is 0.188. The first kappa shape index (κ1) is 18.5. The maximum atomic E-state index is 12.2. The van der Waals surface area contributed by atoms with E-state index in [1.165, 1.54) is 24.3 Å². The Morgan fingerprint density at radius 2 is 1.58 bits per heavy atom. The number of carbonyl (C=O) groups excluding carboxylic acids is 1. The van der Waals surface area contributed by atoms with Crippen LogP contribution in [0.4, 0.5) is 23.7 Å². The average molecular weight is 372 g/mol. The molecule has 0 atom stereocenters. The molecule has 2 rings (SSSR count). The predicted octanol–water partition coefficient (Wildman–Crippen LogP) is 5.34. The second-order valence-corrected chi connectivity index (χ2v) is 6.75. The lowest BCUT2D eigenvalue weighted by Gasteiger charge is -2.09. The van der Waals surface area contributed by atoms with Crippen molar-refractivity contribution in [1.82, 2.24) is 5.32 Å². The smallest absolute Gasteiger partial charge is 0.334 e. The van der Waals surface area contributed by atoms with Crippen LogP contribution in [0.15, 0.2) is 58.3 Å². The highest BCUT2D eigenvalue weighted by Gasteiger charge is 2.28. The Bertz CT molecular complexity index is 673. The summed E-state index contributed by atoms with van der Waals surface area (Å²) in [7, 11) is 0. The molecule has 0 spiro atoms. The number of alkyl halides is 3. The number of halogens is 3. The molecule has 0 heterocycles. The molecule has 0 aliphatic carbocycles. The standard InChI is InChI=1S/C16H15F3N2OS2/c1-23-13-6-2-11(3-7-13)10-20-15(22)21-12-4-8-14(9-5-12)24-16(17,18)19/h2-9H,10H2,1H3,(H2,20,21,22). The van der Waals surface area contributed by atoms with Gasteiger partial charge < -0.3 is 10.6 Å². The summed E-state index contributed by atoms with van der Waals surface area (Å²) in [4.78, 5) is 13.0. The van der Waals surface area contributed by atoms with Crippen molar-refractivity contribution in [3.05, 3.63) is 54.1 Å². The number of anilines is 1. The van der Waals surface area contributed by atoms with Crippen LogP contribution in [-0.4, -0.2) is 17.8 Å². The normalized spacial score (nSPS) is 11.2. The number of urea groups is 1. The van der Waals surface area contributed by atoms with Crippen LogP contribution in [0.1, 0.15) is 5.56 Å². The van der Waals surface area contributed by atoms with Crippen molar-refractivity contribution in [2.45, 2.75) is 21.8 Å². The first-order valence-electron chi connectivity index (χ1n) is 6.89. The fourth-order valence-corrected chi connectivity index (χ4v) is 2.79. The van der Waals surface area contributed by atoms with E-state index in [1.54, 1.807) is 11.8 Å². The molecule has 24 heavy (non-hydrogen) atoms. The molecule has 0 saturated heterocycles. The molecule has 3 nitrogen and oxygen atoms in total. The number of amides is 2. The van der Waals surface area contributed by atoms with Crippen molar-refractivity contribution in [3.8, 4) is 0 Å². The quantitative estimate of drug-likeness (QED) is 0.696. The zero-order valence-corrected chi connectivity index (χ0v) is 14.3. The van der Waals surface area contributed by atoms with E-state index >= 15 is 0 Å². The van der Waals surface area contributed by atoms with Gasteiger partial charge in [-0.2, -0.15) is 13.2 Å². The van der Waals surface area contributed by atoms with Crippen molar-refractivity contribution in [2.75, 3.05) is 11.6 Å². The maximum absolute atomic E-state index is 12.2. The number of rotatable bonds is 5. The van der Waals surface area contributed by atoms with Crippen LogP contribution in [0, 0.1) is 0 Å². The molecular formula is C16H15F3N2OS2. The first-order valence-corrected chi connectivity index (χ1v) is 8.93. The topological polar surface area (TPSA) is 41.1 Å². The van der Waals surface area contributed by atoms with Gasteiger partial charge in [0.05, 0.1) is 0 Å². The van der Waals surface area contributed by atoms with Gasteiger partial charge in [0, 0.05) is 22.0 Å².